The van der Waals surface area contributed by atoms with Crippen LogP contribution in [-0.4, -0.2) is 56.1 Å². The first-order chi connectivity index (χ1) is 16.8. The number of anilines is 1. The Morgan fingerprint density at radius 2 is 1.64 bits per heavy atom. The van der Waals surface area contributed by atoms with Gasteiger partial charge in [0.25, 0.3) is 0 Å². The zero-order valence-corrected chi connectivity index (χ0v) is 23.2. The van der Waals surface area contributed by atoms with Crippen LogP contribution in [0, 0.1) is 6.92 Å². The molecular weight excluding hydrogens is 478 g/mol. The molecule has 9 heteroatoms. The number of rotatable bonds is 11. The first-order valence-electron chi connectivity index (χ1n) is 12.1. The molecule has 0 aliphatic rings. The summed E-state index contributed by atoms with van der Waals surface area (Å²) in [4.78, 5) is 28.6. The van der Waals surface area contributed by atoms with Gasteiger partial charge in [0, 0.05) is 12.1 Å². The molecule has 36 heavy (non-hydrogen) atoms. The average Bonchev–Trinajstić information content (AvgIpc) is 2.77. The van der Waals surface area contributed by atoms with E-state index in [1.54, 1.807) is 31.2 Å². The molecule has 0 unspecified atom stereocenters. The summed E-state index contributed by atoms with van der Waals surface area (Å²) >= 11 is 0. The van der Waals surface area contributed by atoms with E-state index in [0.29, 0.717) is 18.8 Å². The maximum absolute atomic E-state index is 13.8. The Labute approximate surface area is 215 Å². The largest absolute Gasteiger partial charge is 0.492 e. The normalized spacial score (nSPS) is 12.5. The molecule has 0 fully saturated rings. The predicted octanol–water partition coefficient (Wildman–Crippen LogP) is 3.88. The lowest BCUT2D eigenvalue weighted by molar-refractivity contribution is -0.141. The number of hydrogen-bond acceptors (Lipinski definition) is 5. The molecule has 0 aliphatic carbocycles. The van der Waals surface area contributed by atoms with Gasteiger partial charge in [-0.15, -0.1) is 0 Å². The molecule has 1 N–H and O–H groups in total. The van der Waals surface area contributed by atoms with Crippen LogP contribution in [0.1, 0.15) is 52.2 Å². The van der Waals surface area contributed by atoms with E-state index in [1.165, 1.54) is 4.90 Å². The van der Waals surface area contributed by atoms with Gasteiger partial charge in [0.1, 0.15) is 18.3 Å². The lowest BCUT2D eigenvalue weighted by atomic mass is 10.0. The van der Waals surface area contributed by atoms with Crippen LogP contribution in [-0.2, 0) is 26.2 Å². The van der Waals surface area contributed by atoms with E-state index >= 15 is 0 Å². The quantitative estimate of drug-likeness (QED) is 0.488. The minimum absolute atomic E-state index is 0.173. The molecule has 2 rings (SSSR count). The highest BCUT2D eigenvalue weighted by atomic mass is 32.2. The van der Waals surface area contributed by atoms with E-state index in [2.05, 4.69) is 5.32 Å². The third-order valence-electron chi connectivity index (χ3n) is 5.60. The molecular formula is C27H39N3O5S. The number of aryl methyl sites for hydroxylation is 1. The van der Waals surface area contributed by atoms with Crippen molar-refractivity contribution in [2.45, 2.75) is 66.1 Å². The van der Waals surface area contributed by atoms with Crippen LogP contribution in [0.5, 0.6) is 5.75 Å². The Balaban J connectivity index is 2.52. The zero-order valence-electron chi connectivity index (χ0n) is 22.4. The number of nitrogens with one attached hydrogen (secondary N) is 1. The Morgan fingerprint density at radius 1 is 1.03 bits per heavy atom. The summed E-state index contributed by atoms with van der Waals surface area (Å²) in [6.45, 7) is 11.3. The fourth-order valence-electron chi connectivity index (χ4n) is 3.88. The monoisotopic (exact) mass is 517 g/mol. The van der Waals surface area contributed by atoms with Gasteiger partial charge in [0.05, 0.1) is 18.6 Å². The Hall–Kier alpha value is -3.07. The maximum Gasteiger partial charge on any atom is 0.244 e. The van der Waals surface area contributed by atoms with Crippen LogP contribution in [0.4, 0.5) is 5.69 Å². The van der Waals surface area contributed by atoms with E-state index in [9.17, 15) is 18.0 Å². The van der Waals surface area contributed by atoms with Gasteiger partial charge in [-0.1, -0.05) is 43.3 Å². The molecule has 2 amide bonds. The Morgan fingerprint density at radius 3 is 2.19 bits per heavy atom. The number of para-hydroxylation sites is 2. The topological polar surface area (TPSA) is 96.0 Å². The van der Waals surface area contributed by atoms with Gasteiger partial charge < -0.3 is 15.0 Å². The van der Waals surface area contributed by atoms with E-state index in [-0.39, 0.29) is 18.1 Å². The maximum atomic E-state index is 13.8. The molecule has 0 aliphatic heterocycles. The summed E-state index contributed by atoms with van der Waals surface area (Å²) in [6, 6.07) is 13.6. The van der Waals surface area contributed by atoms with Crippen molar-refractivity contribution in [2.75, 3.05) is 23.7 Å². The van der Waals surface area contributed by atoms with Crippen molar-refractivity contribution in [1.29, 1.82) is 0 Å². The number of amides is 2. The highest BCUT2D eigenvalue weighted by molar-refractivity contribution is 7.92. The molecule has 1 atom stereocenters. The molecule has 2 aromatic rings. The molecule has 0 saturated heterocycles. The summed E-state index contributed by atoms with van der Waals surface area (Å²) in [5.74, 6) is -0.403. The number of nitrogens with zero attached hydrogens (tertiary/aromatic N) is 2. The van der Waals surface area contributed by atoms with E-state index in [4.69, 9.17) is 4.74 Å². The van der Waals surface area contributed by atoms with E-state index in [1.807, 2.05) is 58.9 Å². The second-order valence-electron chi connectivity index (χ2n) is 9.78. The lowest BCUT2D eigenvalue weighted by Crippen LogP contribution is -2.55. The molecule has 0 radical (unpaired) electrons. The van der Waals surface area contributed by atoms with Crippen LogP contribution in [0.2, 0.25) is 0 Å². The molecule has 8 nitrogen and oxygen atoms in total. The molecule has 198 valence electrons. The molecule has 0 spiro atoms. The van der Waals surface area contributed by atoms with E-state index < -0.39 is 34.1 Å². The van der Waals surface area contributed by atoms with Crippen molar-refractivity contribution in [3.05, 3.63) is 59.7 Å². The van der Waals surface area contributed by atoms with Gasteiger partial charge in [-0.25, -0.2) is 8.42 Å². The van der Waals surface area contributed by atoms with Crippen LogP contribution < -0.4 is 14.4 Å². The van der Waals surface area contributed by atoms with Crippen molar-refractivity contribution >= 4 is 27.5 Å². The number of hydrogen-bond donors (Lipinski definition) is 1. The van der Waals surface area contributed by atoms with Crippen molar-refractivity contribution < 1.29 is 22.7 Å². The number of ether oxygens (including phenoxy) is 1. The summed E-state index contributed by atoms with van der Waals surface area (Å²) in [5.41, 5.74) is 1.65. The van der Waals surface area contributed by atoms with Crippen LogP contribution in [0.15, 0.2) is 48.5 Å². The van der Waals surface area contributed by atoms with Crippen molar-refractivity contribution in [3.63, 3.8) is 0 Å². The fraction of sp³-hybridized carbons (Fsp3) is 0.481. The predicted molar refractivity (Wildman–Crippen MR) is 144 cm³/mol. The summed E-state index contributed by atoms with van der Waals surface area (Å²) in [6.07, 6.45) is 1.42. The standard InChI is InChI=1S/C27H39N3O5S/c1-8-22(26(32)28-27(4,5)6)29(18-21-15-11-10-14-20(21)3)25(31)19-30(36(7,33)34)23-16-12-13-17-24(23)35-9-2/h10-17,22H,8-9,18-19H2,1-7H3,(H,28,32)/t22-/m1/s1. The minimum atomic E-state index is -3.84. The van der Waals surface area contributed by atoms with Gasteiger partial charge in [0.2, 0.25) is 21.8 Å². The van der Waals surface area contributed by atoms with Crippen molar-refractivity contribution in [1.82, 2.24) is 10.2 Å². The van der Waals surface area contributed by atoms with Crippen molar-refractivity contribution in [3.8, 4) is 5.75 Å². The third-order valence-corrected chi connectivity index (χ3v) is 6.73. The second-order valence-corrected chi connectivity index (χ2v) is 11.7. The number of benzene rings is 2. The highest BCUT2D eigenvalue weighted by Crippen LogP contribution is 2.30. The van der Waals surface area contributed by atoms with Gasteiger partial charge in [-0.2, -0.15) is 0 Å². The second kappa shape index (κ2) is 12.3. The molecule has 0 saturated carbocycles. The Bertz CT molecular complexity index is 1160. The molecule has 0 bridgehead atoms. The molecule has 0 heterocycles. The van der Waals surface area contributed by atoms with Gasteiger partial charge in [-0.3, -0.25) is 13.9 Å². The van der Waals surface area contributed by atoms with Gasteiger partial charge in [-0.05, 0) is 64.3 Å². The third kappa shape index (κ3) is 7.98. The SMILES string of the molecule is CCOc1ccccc1N(CC(=O)N(Cc1ccccc1C)[C@H](CC)C(=O)NC(C)(C)C)S(C)(=O)=O. The number of sulfonamides is 1. The first-order valence-corrected chi connectivity index (χ1v) is 14.0. The lowest BCUT2D eigenvalue weighted by Gasteiger charge is -2.35. The highest BCUT2D eigenvalue weighted by Gasteiger charge is 2.33. The molecule has 0 aromatic heterocycles. The number of carbonyl (C=O) groups is 2. The minimum Gasteiger partial charge on any atom is -0.492 e. The van der Waals surface area contributed by atoms with Crippen molar-refractivity contribution in [2.24, 2.45) is 0 Å². The number of carbonyl (C=O) groups excluding carboxylic acids is 2. The smallest absolute Gasteiger partial charge is 0.244 e. The van der Waals surface area contributed by atoms with Crippen LogP contribution in [0.25, 0.3) is 0 Å². The average molecular weight is 518 g/mol. The first kappa shape index (κ1) is 29.2. The summed E-state index contributed by atoms with van der Waals surface area (Å²) in [5, 5.41) is 2.96. The van der Waals surface area contributed by atoms with Crippen LogP contribution >= 0.6 is 0 Å². The summed E-state index contributed by atoms with van der Waals surface area (Å²) in [7, 11) is -3.84. The van der Waals surface area contributed by atoms with Crippen LogP contribution in [0.3, 0.4) is 0 Å². The molecule has 2 aromatic carbocycles. The van der Waals surface area contributed by atoms with Gasteiger partial charge >= 0.3 is 0 Å². The zero-order chi connectivity index (χ0) is 27.1. The fourth-order valence-corrected chi connectivity index (χ4v) is 4.73. The summed E-state index contributed by atoms with van der Waals surface area (Å²) < 4.78 is 32.4. The van der Waals surface area contributed by atoms with Gasteiger partial charge in [0.15, 0.2) is 0 Å². The van der Waals surface area contributed by atoms with E-state index in [0.717, 1.165) is 21.7 Å². The Kier molecular flexibility index (Phi) is 9.93.